The summed E-state index contributed by atoms with van der Waals surface area (Å²) in [6.07, 6.45) is 7.89. The van der Waals surface area contributed by atoms with Gasteiger partial charge in [-0.15, -0.1) is 11.3 Å². The molecule has 25 heavy (non-hydrogen) atoms. The Bertz CT molecular complexity index is 633. The SMILES string of the molecule is COC(=O)c1c(NC(=O)C[NH+]2CCCCCC2)sc2c1CC[C@@H](C)C2. The molecule has 0 unspecified atom stereocenters. The zero-order valence-corrected chi connectivity index (χ0v) is 16.1. The van der Waals surface area contributed by atoms with Gasteiger partial charge in [-0.05, 0) is 56.4 Å². The number of methoxy groups -OCH3 is 1. The van der Waals surface area contributed by atoms with Crippen molar-refractivity contribution in [2.75, 3.05) is 32.1 Å². The summed E-state index contributed by atoms with van der Waals surface area (Å²) in [7, 11) is 1.41. The van der Waals surface area contributed by atoms with Crippen molar-refractivity contribution in [2.45, 2.75) is 51.9 Å². The summed E-state index contributed by atoms with van der Waals surface area (Å²) in [5, 5.41) is 3.71. The van der Waals surface area contributed by atoms with Gasteiger partial charge in [-0.1, -0.05) is 6.92 Å². The van der Waals surface area contributed by atoms with Crippen LogP contribution in [0.25, 0.3) is 0 Å². The van der Waals surface area contributed by atoms with E-state index in [4.69, 9.17) is 4.74 Å². The van der Waals surface area contributed by atoms with Crippen LogP contribution in [0.15, 0.2) is 0 Å². The van der Waals surface area contributed by atoms with Gasteiger partial charge in [0.05, 0.1) is 25.8 Å². The van der Waals surface area contributed by atoms with Crippen molar-refractivity contribution in [2.24, 2.45) is 5.92 Å². The first-order valence-corrected chi connectivity index (χ1v) is 10.3. The first kappa shape index (κ1) is 18.4. The van der Waals surface area contributed by atoms with Crippen molar-refractivity contribution in [3.05, 3.63) is 16.0 Å². The molecule has 6 heteroatoms. The van der Waals surface area contributed by atoms with Crippen molar-refractivity contribution < 1.29 is 19.2 Å². The van der Waals surface area contributed by atoms with E-state index in [2.05, 4.69) is 12.2 Å². The van der Waals surface area contributed by atoms with Crippen molar-refractivity contribution >= 4 is 28.2 Å². The van der Waals surface area contributed by atoms with Crippen LogP contribution >= 0.6 is 11.3 Å². The third-order valence-corrected chi connectivity index (χ3v) is 6.55. The van der Waals surface area contributed by atoms with Gasteiger partial charge in [0.15, 0.2) is 6.54 Å². The summed E-state index contributed by atoms with van der Waals surface area (Å²) in [5.74, 6) is 0.305. The van der Waals surface area contributed by atoms with E-state index in [-0.39, 0.29) is 11.9 Å². The number of hydrogen-bond acceptors (Lipinski definition) is 4. The van der Waals surface area contributed by atoms with Gasteiger partial charge in [0.1, 0.15) is 5.00 Å². The lowest BCUT2D eigenvalue weighted by Gasteiger charge is -2.18. The second-order valence-corrected chi connectivity index (χ2v) is 8.54. The number of quaternary nitrogens is 1. The molecular formula is C19H29N2O3S+. The van der Waals surface area contributed by atoms with Gasteiger partial charge < -0.3 is 15.0 Å². The number of fused-ring (bicyclic) bond motifs is 1. The standard InChI is InChI=1S/C19H28N2O3S/c1-13-7-8-14-15(11-13)25-18(17(14)19(23)24-2)20-16(22)12-21-9-5-3-4-6-10-21/h13H,3-12H2,1-2H3,(H,20,22)/p+1/t13-/m1/s1. The summed E-state index contributed by atoms with van der Waals surface area (Å²) in [6.45, 7) is 4.85. The Morgan fingerprint density at radius 3 is 2.64 bits per heavy atom. The molecule has 0 spiro atoms. The number of thiophene rings is 1. The molecule has 0 aromatic carbocycles. The average Bonchev–Trinajstić information content (AvgIpc) is 2.75. The molecule has 1 aliphatic heterocycles. The van der Waals surface area contributed by atoms with E-state index in [9.17, 15) is 9.59 Å². The highest BCUT2D eigenvalue weighted by atomic mass is 32.1. The van der Waals surface area contributed by atoms with Crippen LogP contribution in [0, 0.1) is 5.92 Å². The minimum absolute atomic E-state index is 0.00805. The maximum absolute atomic E-state index is 12.6. The zero-order valence-electron chi connectivity index (χ0n) is 15.3. The third kappa shape index (κ3) is 4.42. The van der Waals surface area contributed by atoms with E-state index in [1.807, 2.05) is 0 Å². The molecule has 1 aromatic heterocycles. The predicted molar refractivity (Wildman–Crippen MR) is 99.5 cm³/mol. The number of nitrogens with one attached hydrogen (secondary N) is 2. The number of hydrogen-bond donors (Lipinski definition) is 2. The molecule has 2 N–H and O–H groups in total. The monoisotopic (exact) mass is 365 g/mol. The Hall–Kier alpha value is -1.40. The molecule has 3 rings (SSSR count). The largest absolute Gasteiger partial charge is 0.465 e. The van der Waals surface area contributed by atoms with Crippen LogP contribution < -0.4 is 10.2 Å². The minimum atomic E-state index is -0.329. The van der Waals surface area contributed by atoms with Crippen LogP contribution in [0.3, 0.4) is 0 Å². The van der Waals surface area contributed by atoms with Crippen LogP contribution in [0.4, 0.5) is 5.00 Å². The van der Waals surface area contributed by atoms with Gasteiger partial charge in [-0.2, -0.15) is 0 Å². The molecule has 1 fully saturated rings. The van der Waals surface area contributed by atoms with Crippen LogP contribution in [-0.4, -0.2) is 38.6 Å². The Balaban J connectivity index is 1.74. The summed E-state index contributed by atoms with van der Waals surface area (Å²) < 4.78 is 4.99. The molecule has 1 amide bonds. The van der Waals surface area contributed by atoms with E-state index < -0.39 is 0 Å². The number of amides is 1. The number of esters is 1. The van der Waals surface area contributed by atoms with E-state index >= 15 is 0 Å². The maximum atomic E-state index is 12.6. The molecular weight excluding hydrogens is 336 g/mol. The van der Waals surface area contributed by atoms with Crippen LogP contribution in [-0.2, 0) is 22.4 Å². The molecule has 138 valence electrons. The Morgan fingerprint density at radius 1 is 1.24 bits per heavy atom. The second kappa shape index (κ2) is 8.32. The highest BCUT2D eigenvalue weighted by molar-refractivity contribution is 7.17. The van der Waals surface area contributed by atoms with E-state index in [1.54, 1.807) is 11.3 Å². The summed E-state index contributed by atoms with van der Waals surface area (Å²) in [6, 6.07) is 0. The zero-order chi connectivity index (χ0) is 17.8. The molecule has 1 aromatic rings. The number of ether oxygens (including phenoxy) is 1. The fourth-order valence-corrected chi connectivity index (χ4v) is 5.38. The third-order valence-electron chi connectivity index (χ3n) is 5.38. The fourth-order valence-electron chi connectivity index (χ4n) is 3.96. The molecule has 2 aliphatic rings. The van der Waals surface area contributed by atoms with Gasteiger partial charge in [-0.25, -0.2) is 4.79 Å². The topological polar surface area (TPSA) is 59.8 Å². The molecule has 0 bridgehead atoms. The smallest absolute Gasteiger partial charge is 0.341 e. The molecule has 1 aliphatic carbocycles. The lowest BCUT2D eigenvalue weighted by atomic mass is 9.88. The molecule has 0 saturated carbocycles. The molecule has 5 nitrogen and oxygen atoms in total. The lowest BCUT2D eigenvalue weighted by molar-refractivity contribution is -0.890. The van der Waals surface area contributed by atoms with E-state index in [1.165, 1.54) is 42.6 Å². The Kier molecular flexibility index (Phi) is 6.12. The van der Waals surface area contributed by atoms with E-state index in [0.717, 1.165) is 37.9 Å². The number of rotatable bonds is 4. The highest BCUT2D eigenvalue weighted by Gasteiger charge is 2.29. The second-order valence-electron chi connectivity index (χ2n) is 7.44. The van der Waals surface area contributed by atoms with Gasteiger partial charge in [0.2, 0.25) is 0 Å². The maximum Gasteiger partial charge on any atom is 0.341 e. The van der Waals surface area contributed by atoms with Crippen LogP contribution in [0.2, 0.25) is 0 Å². The number of anilines is 1. The van der Waals surface area contributed by atoms with Crippen molar-refractivity contribution in [3.8, 4) is 0 Å². The highest BCUT2D eigenvalue weighted by Crippen LogP contribution is 2.39. The number of carbonyl (C=O) groups is 2. The number of likely N-dealkylation sites (tertiary alicyclic amines) is 1. The first-order chi connectivity index (χ1) is 12.1. The van der Waals surface area contributed by atoms with Gasteiger partial charge in [0, 0.05) is 4.88 Å². The molecule has 1 atom stereocenters. The quantitative estimate of drug-likeness (QED) is 0.803. The van der Waals surface area contributed by atoms with Crippen molar-refractivity contribution in [1.29, 1.82) is 0 Å². The van der Waals surface area contributed by atoms with E-state index in [0.29, 0.717) is 23.0 Å². The Labute approximate surface area is 153 Å². The average molecular weight is 366 g/mol. The van der Waals surface area contributed by atoms with Gasteiger partial charge in [0.25, 0.3) is 5.91 Å². The lowest BCUT2D eigenvalue weighted by Crippen LogP contribution is -3.12. The first-order valence-electron chi connectivity index (χ1n) is 9.44. The predicted octanol–water partition coefficient (Wildman–Crippen LogP) is 2.06. The minimum Gasteiger partial charge on any atom is -0.465 e. The van der Waals surface area contributed by atoms with Gasteiger partial charge >= 0.3 is 5.97 Å². The summed E-state index contributed by atoms with van der Waals surface area (Å²) in [4.78, 5) is 27.4. The summed E-state index contributed by atoms with van der Waals surface area (Å²) in [5.41, 5.74) is 1.68. The van der Waals surface area contributed by atoms with Crippen LogP contribution in [0.1, 0.15) is 59.8 Å². The van der Waals surface area contributed by atoms with Crippen molar-refractivity contribution in [1.82, 2.24) is 0 Å². The van der Waals surface area contributed by atoms with Crippen molar-refractivity contribution in [3.63, 3.8) is 0 Å². The normalized spacial score (nSPS) is 21.3. The Morgan fingerprint density at radius 2 is 1.96 bits per heavy atom. The molecule has 2 heterocycles. The molecule has 1 saturated heterocycles. The van der Waals surface area contributed by atoms with Crippen LogP contribution in [0.5, 0.6) is 0 Å². The number of carbonyl (C=O) groups excluding carboxylic acids is 2. The van der Waals surface area contributed by atoms with Gasteiger partial charge in [-0.3, -0.25) is 4.79 Å². The fraction of sp³-hybridized carbons (Fsp3) is 0.684. The molecule has 0 radical (unpaired) electrons. The summed E-state index contributed by atoms with van der Waals surface area (Å²) >= 11 is 1.56.